The van der Waals surface area contributed by atoms with E-state index < -0.39 is 86.1 Å². The van der Waals surface area contributed by atoms with Gasteiger partial charge in [0.2, 0.25) is 18.2 Å². The molecule has 11 N–H and O–H groups in total. The third kappa shape index (κ3) is 5.59. The summed E-state index contributed by atoms with van der Waals surface area (Å²) in [7, 11) is 0. The summed E-state index contributed by atoms with van der Waals surface area (Å²) in [6, 6.07) is 3.78. The molecule has 15 heteroatoms. The van der Waals surface area contributed by atoms with Crippen molar-refractivity contribution in [1.82, 2.24) is 0 Å². The molecule has 3 aliphatic heterocycles. The van der Waals surface area contributed by atoms with E-state index in [1.54, 1.807) is 0 Å². The molecule has 2 fully saturated rings. The van der Waals surface area contributed by atoms with Crippen molar-refractivity contribution in [2.75, 3.05) is 13.2 Å². The maximum atomic E-state index is 10.9. The summed E-state index contributed by atoms with van der Waals surface area (Å²) >= 11 is 0. The van der Waals surface area contributed by atoms with Gasteiger partial charge >= 0.3 is 5.76 Å². The molecular formula is C26H31O15+. The summed E-state index contributed by atoms with van der Waals surface area (Å²) in [5.41, 5.74) is 0.420. The SMILES string of the molecule is OC[C@@H]1O[C@H](OC2=C(c3ccc(O)c(O)c3)[OH+]C3C=C(O)C=C(O)C3=C2)[C@@H](O[C@H]2OC[C@H](O)[C@@H](O)[C@@H]2O)[C@H](O)[C@@H]1O. The van der Waals surface area contributed by atoms with Crippen molar-refractivity contribution >= 4 is 5.76 Å². The molecule has 224 valence electrons. The van der Waals surface area contributed by atoms with Crippen LogP contribution >= 0.6 is 0 Å². The molecule has 41 heavy (non-hydrogen) atoms. The van der Waals surface area contributed by atoms with Crippen molar-refractivity contribution in [2.45, 2.75) is 61.4 Å². The molecule has 5 rings (SSSR count). The summed E-state index contributed by atoms with van der Waals surface area (Å²) in [5, 5.41) is 102. The average Bonchev–Trinajstić information content (AvgIpc) is 2.94. The highest BCUT2D eigenvalue weighted by molar-refractivity contribution is 5.69. The van der Waals surface area contributed by atoms with Gasteiger partial charge in [-0.05, 0) is 12.1 Å². The summed E-state index contributed by atoms with van der Waals surface area (Å²) in [6.45, 7) is -1.16. The molecule has 4 aliphatic rings. The minimum Gasteiger partial charge on any atom is -0.571 e. The Morgan fingerprint density at radius 3 is 2.34 bits per heavy atom. The quantitative estimate of drug-likeness (QED) is 0.126. The van der Waals surface area contributed by atoms with E-state index in [0.717, 1.165) is 6.08 Å². The summed E-state index contributed by atoms with van der Waals surface area (Å²) in [6.07, 6.45) is -11.6. The monoisotopic (exact) mass is 583 g/mol. The summed E-state index contributed by atoms with van der Waals surface area (Å²) in [4.78, 5) is 0. The molecule has 3 heterocycles. The molecule has 1 aromatic carbocycles. The Hall–Kier alpha value is -3.38. The molecular weight excluding hydrogens is 552 g/mol. The molecule has 1 unspecified atom stereocenters. The van der Waals surface area contributed by atoms with Crippen LogP contribution in [0.3, 0.4) is 0 Å². The third-order valence-electron chi connectivity index (χ3n) is 7.08. The number of aromatic hydroxyl groups is 2. The van der Waals surface area contributed by atoms with Crippen molar-refractivity contribution in [1.29, 1.82) is 0 Å². The second-order valence-corrected chi connectivity index (χ2v) is 9.89. The Balaban J connectivity index is 1.53. The molecule has 0 spiro atoms. The van der Waals surface area contributed by atoms with Gasteiger partial charge in [0.25, 0.3) is 0 Å². The highest BCUT2D eigenvalue weighted by Crippen LogP contribution is 2.39. The number of ether oxygens (including phenoxy) is 5. The first-order chi connectivity index (χ1) is 19.5. The van der Waals surface area contributed by atoms with Crippen LogP contribution in [0.15, 0.2) is 59.3 Å². The molecule has 0 aromatic heterocycles. The van der Waals surface area contributed by atoms with Crippen molar-refractivity contribution in [3.63, 3.8) is 0 Å². The average molecular weight is 584 g/mol. The Kier molecular flexibility index (Phi) is 8.15. The lowest BCUT2D eigenvalue weighted by molar-refractivity contribution is -0.351. The number of allylic oxidation sites excluding steroid dienone is 2. The fourth-order valence-corrected chi connectivity index (χ4v) is 4.81. The van der Waals surface area contributed by atoms with Gasteiger partial charge in [-0.25, -0.2) is 0 Å². The fourth-order valence-electron chi connectivity index (χ4n) is 4.81. The van der Waals surface area contributed by atoms with Crippen LogP contribution in [-0.4, -0.2) is 130 Å². The number of hydrogen-bond acceptors (Lipinski definition) is 14. The van der Waals surface area contributed by atoms with Crippen LogP contribution in [0.4, 0.5) is 0 Å². The van der Waals surface area contributed by atoms with E-state index in [1.165, 1.54) is 30.4 Å². The van der Waals surface area contributed by atoms with Gasteiger partial charge in [0.1, 0.15) is 48.1 Å². The van der Waals surface area contributed by atoms with Crippen LogP contribution in [0.25, 0.3) is 5.76 Å². The zero-order valence-electron chi connectivity index (χ0n) is 21.2. The van der Waals surface area contributed by atoms with E-state index in [1.807, 2.05) is 0 Å². The van der Waals surface area contributed by atoms with Crippen molar-refractivity contribution in [3.05, 3.63) is 64.8 Å². The smallest absolute Gasteiger partial charge is 0.305 e. The van der Waals surface area contributed by atoms with Gasteiger partial charge < -0.3 is 74.7 Å². The van der Waals surface area contributed by atoms with E-state index in [2.05, 4.69) is 4.74 Å². The lowest BCUT2D eigenvalue weighted by Gasteiger charge is -2.44. The number of hydrogen-bond donors (Lipinski definition) is 10. The van der Waals surface area contributed by atoms with Gasteiger partial charge in [0, 0.05) is 18.2 Å². The van der Waals surface area contributed by atoms with E-state index in [9.17, 15) is 51.1 Å². The number of phenols is 2. The Morgan fingerprint density at radius 2 is 1.63 bits per heavy atom. The summed E-state index contributed by atoms with van der Waals surface area (Å²) < 4.78 is 27.2. The second-order valence-electron chi connectivity index (χ2n) is 9.89. The molecule has 2 saturated heterocycles. The second kappa shape index (κ2) is 11.5. The number of fused-ring (bicyclic) bond motifs is 1. The van der Waals surface area contributed by atoms with Gasteiger partial charge in [0.15, 0.2) is 23.9 Å². The number of benzene rings is 1. The van der Waals surface area contributed by atoms with Crippen LogP contribution in [0.2, 0.25) is 0 Å². The normalized spacial score (nSPS) is 37.4. The number of phenolic OH excluding ortho intramolecular Hbond substituents is 2. The predicted molar refractivity (Wildman–Crippen MR) is 134 cm³/mol. The minimum absolute atomic E-state index is 0.0452. The first-order valence-electron chi connectivity index (χ1n) is 12.6. The van der Waals surface area contributed by atoms with E-state index in [4.69, 9.17) is 18.9 Å². The molecule has 1 aliphatic carbocycles. The van der Waals surface area contributed by atoms with Crippen LogP contribution in [-0.2, 0) is 18.9 Å². The first kappa shape index (κ1) is 29.1. The van der Waals surface area contributed by atoms with E-state index in [0.29, 0.717) is 0 Å². The van der Waals surface area contributed by atoms with Gasteiger partial charge in [-0.1, -0.05) is 0 Å². The predicted octanol–water partition coefficient (Wildman–Crippen LogP) is -2.22. The zero-order valence-corrected chi connectivity index (χ0v) is 21.2. The van der Waals surface area contributed by atoms with Crippen molar-refractivity contribution in [2.24, 2.45) is 0 Å². The van der Waals surface area contributed by atoms with Crippen LogP contribution in [0.5, 0.6) is 11.5 Å². The van der Waals surface area contributed by atoms with Gasteiger partial charge in [-0.2, -0.15) is 0 Å². The maximum Gasteiger partial charge on any atom is 0.305 e. The first-order valence-corrected chi connectivity index (χ1v) is 12.6. The highest BCUT2D eigenvalue weighted by atomic mass is 16.8. The van der Waals surface area contributed by atoms with Crippen LogP contribution < -0.4 is 0 Å². The molecule has 0 bridgehead atoms. The lowest BCUT2D eigenvalue weighted by atomic mass is 9.96. The standard InChI is InChI=1S/C26H30O15/c27-7-18-20(34)21(35)24(41-25-22(36)19(33)15(32)8-37-25)26(40-18)39-17-6-11-13(30)4-10(28)5-16(11)38-23(17)9-1-2-12(29)14(31)3-9/h1-6,15-16,18-22,24-36H,7-8H2/p+1/t15-,16?,18-,19+,20+,21+,22-,24-,25+,26-/m0/s1. The van der Waals surface area contributed by atoms with Crippen LogP contribution in [0, 0.1) is 0 Å². The Morgan fingerprint density at radius 1 is 0.878 bits per heavy atom. The molecule has 10 atom stereocenters. The number of aliphatic hydroxyl groups is 10. The van der Waals surface area contributed by atoms with Crippen LogP contribution in [0.1, 0.15) is 5.56 Å². The Bertz CT molecular complexity index is 1270. The van der Waals surface area contributed by atoms with Crippen molar-refractivity contribution < 1.29 is 74.7 Å². The number of aliphatic hydroxyl groups excluding tert-OH is 8. The fraction of sp³-hybridized carbons (Fsp3) is 0.462. The van der Waals surface area contributed by atoms with Gasteiger partial charge in [0.05, 0.1) is 30.4 Å². The molecule has 15 nitrogen and oxygen atoms in total. The third-order valence-corrected chi connectivity index (χ3v) is 7.08. The van der Waals surface area contributed by atoms with E-state index >= 15 is 0 Å². The summed E-state index contributed by atoms with van der Waals surface area (Å²) in [5.74, 6) is -1.55. The highest BCUT2D eigenvalue weighted by Gasteiger charge is 2.50. The number of rotatable bonds is 6. The lowest BCUT2D eigenvalue weighted by Crippen LogP contribution is -2.63. The minimum atomic E-state index is -1.78. The van der Waals surface area contributed by atoms with E-state index in [-0.39, 0.29) is 34.2 Å². The topological polar surface area (TPSA) is 252 Å². The largest absolute Gasteiger partial charge is 0.571 e. The van der Waals surface area contributed by atoms with Crippen molar-refractivity contribution in [3.8, 4) is 11.5 Å². The Labute approximate surface area is 231 Å². The molecule has 1 aromatic rings. The van der Waals surface area contributed by atoms with Gasteiger partial charge in [-0.15, -0.1) is 0 Å². The molecule has 0 radical (unpaired) electrons. The molecule has 0 amide bonds. The zero-order chi connectivity index (χ0) is 29.6. The van der Waals surface area contributed by atoms with Gasteiger partial charge in [-0.3, -0.25) is 0 Å². The maximum absolute atomic E-state index is 10.9. The molecule has 0 saturated carbocycles.